The van der Waals surface area contributed by atoms with Crippen molar-refractivity contribution in [2.45, 2.75) is 65.0 Å². The number of hydrogen-bond donors (Lipinski definition) is 1. The average Bonchev–Trinajstić information content (AvgIpc) is 2.27. The van der Waals surface area contributed by atoms with Crippen molar-refractivity contribution in [2.24, 2.45) is 11.8 Å². The molecular weight excluding hydrogens is 214 g/mol. The summed E-state index contributed by atoms with van der Waals surface area (Å²) in [6, 6.07) is 0.310. The molecule has 1 rings (SSSR count). The zero-order valence-electron chi connectivity index (χ0n) is 11.9. The van der Waals surface area contributed by atoms with E-state index in [4.69, 9.17) is 4.74 Å². The number of nitrogens with one attached hydrogen (secondary N) is 1. The molecular formula is C14H27NO2. The predicted molar refractivity (Wildman–Crippen MR) is 69.8 cm³/mol. The number of carbonyl (C=O) groups is 1. The molecule has 0 aromatic carbocycles. The van der Waals surface area contributed by atoms with Crippen molar-refractivity contribution in [2.75, 3.05) is 7.11 Å². The van der Waals surface area contributed by atoms with E-state index in [0.29, 0.717) is 12.0 Å². The Hall–Kier alpha value is -0.570. The first-order chi connectivity index (χ1) is 7.91. The van der Waals surface area contributed by atoms with Gasteiger partial charge in [-0.05, 0) is 51.4 Å². The molecule has 1 aliphatic rings. The van der Waals surface area contributed by atoms with E-state index in [1.807, 2.05) is 0 Å². The fraction of sp³-hybridized carbons (Fsp3) is 0.929. The lowest BCUT2D eigenvalue weighted by Gasteiger charge is -2.40. The fourth-order valence-corrected chi connectivity index (χ4v) is 2.95. The summed E-state index contributed by atoms with van der Waals surface area (Å²) in [5.74, 6) is 1.37. The summed E-state index contributed by atoms with van der Waals surface area (Å²) < 4.78 is 4.99. The summed E-state index contributed by atoms with van der Waals surface area (Å²) >= 11 is 0. The highest BCUT2D eigenvalue weighted by Gasteiger charge is 2.43. The molecule has 0 saturated heterocycles. The van der Waals surface area contributed by atoms with E-state index in [1.165, 1.54) is 7.11 Å². The Morgan fingerprint density at radius 1 is 1.24 bits per heavy atom. The van der Waals surface area contributed by atoms with Crippen LogP contribution in [0.3, 0.4) is 0 Å². The van der Waals surface area contributed by atoms with Gasteiger partial charge >= 0.3 is 5.97 Å². The van der Waals surface area contributed by atoms with Gasteiger partial charge in [-0.2, -0.15) is 0 Å². The lowest BCUT2D eigenvalue weighted by Crippen LogP contribution is -2.57. The second-order valence-corrected chi connectivity index (χ2v) is 5.95. The SMILES string of the molecule is COC(=O)C1(NC(C)C)CCC(C(C)C)CC1. The number of carbonyl (C=O) groups excluding carboxylic acids is 1. The molecule has 1 aliphatic carbocycles. The van der Waals surface area contributed by atoms with Crippen LogP contribution in [-0.2, 0) is 9.53 Å². The first-order valence-corrected chi connectivity index (χ1v) is 6.77. The molecule has 0 aromatic rings. The van der Waals surface area contributed by atoms with Gasteiger partial charge in [0.25, 0.3) is 0 Å². The van der Waals surface area contributed by atoms with E-state index < -0.39 is 5.54 Å². The van der Waals surface area contributed by atoms with Crippen LogP contribution in [0.2, 0.25) is 0 Å². The molecule has 0 radical (unpaired) electrons. The van der Waals surface area contributed by atoms with E-state index in [2.05, 4.69) is 33.0 Å². The molecule has 0 bridgehead atoms. The Morgan fingerprint density at radius 2 is 1.76 bits per heavy atom. The molecule has 1 fully saturated rings. The van der Waals surface area contributed by atoms with Crippen LogP contribution in [0.15, 0.2) is 0 Å². The van der Waals surface area contributed by atoms with Crippen molar-refractivity contribution in [3.8, 4) is 0 Å². The lowest BCUT2D eigenvalue weighted by molar-refractivity contribution is -0.151. The second-order valence-electron chi connectivity index (χ2n) is 5.95. The third-order valence-electron chi connectivity index (χ3n) is 3.97. The fourth-order valence-electron chi connectivity index (χ4n) is 2.95. The molecule has 1 N–H and O–H groups in total. The van der Waals surface area contributed by atoms with Crippen LogP contribution in [0.5, 0.6) is 0 Å². The molecule has 0 heterocycles. The van der Waals surface area contributed by atoms with Crippen LogP contribution >= 0.6 is 0 Å². The molecule has 0 atom stereocenters. The van der Waals surface area contributed by atoms with Crippen molar-refractivity contribution in [1.82, 2.24) is 5.32 Å². The molecule has 100 valence electrons. The predicted octanol–water partition coefficient (Wildman–Crippen LogP) is 2.74. The van der Waals surface area contributed by atoms with Gasteiger partial charge < -0.3 is 4.74 Å². The summed E-state index contributed by atoms with van der Waals surface area (Å²) in [7, 11) is 1.49. The highest BCUT2D eigenvalue weighted by molar-refractivity contribution is 5.81. The van der Waals surface area contributed by atoms with Crippen LogP contribution in [-0.4, -0.2) is 24.7 Å². The van der Waals surface area contributed by atoms with Crippen molar-refractivity contribution >= 4 is 5.97 Å². The molecule has 3 heteroatoms. The second kappa shape index (κ2) is 5.85. The Kier molecular flexibility index (Phi) is 4.99. The molecule has 3 nitrogen and oxygen atoms in total. The van der Waals surface area contributed by atoms with Crippen molar-refractivity contribution < 1.29 is 9.53 Å². The minimum atomic E-state index is -0.436. The molecule has 1 saturated carbocycles. The molecule has 0 aliphatic heterocycles. The first-order valence-electron chi connectivity index (χ1n) is 6.77. The highest BCUT2D eigenvalue weighted by atomic mass is 16.5. The van der Waals surface area contributed by atoms with Crippen LogP contribution < -0.4 is 5.32 Å². The number of methoxy groups -OCH3 is 1. The third kappa shape index (κ3) is 3.44. The maximum absolute atomic E-state index is 12.0. The summed E-state index contributed by atoms with van der Waals surface area (Å²) in [5.41, 5.74) is -0.436. The van der Waals surface area contributed by atoms with Gasteiger partial charge in [-0.1, -0.05) is 13.8 Å². The maximum atomic E-state index is 12.0. The van der Waals surface area contributed by atoms with Gasteiger partial charge in [-0.15, -0.1) is 0 Å². The summed E-state index contributed by atoms with van der Waals surface area (Å²) in [4.78, 5) is 12.0. The van der Waals surface area contributed by atoms with Gasteiger partial charge in [0, 0.05) is 6.04 Å². The van der Waals surface area contributed by atoms with Crippen molar-refractivity contribution in [3.05, 3.63) is 0 Å². The Morgan fingerprint density at radius 3 is 2.12 bits per heavy atom. The first kappa shape index (κ1) is 14.5. The van der Waals surface area contributed by atoms with Gasteiger partial charge in [0.15, 0.2) is 0 Å². The smallest absolute Gasteiger partial charge is 0.326 e. The lowest BCUT2D eigenvalue weighted by atomic mass is 9.72. The molecule has 0 spiro atoms. The third-order valence-corrected chi connectivity index (χ3v) is 3.97. The van der Waals surface area contributed by atoms with Gasteiger partial charge in [-0.25, -0.2) is 0 Å². The Bertz CT molecular complexity index is 253. The minimum Gasteiger partial charge on any atom is -0.468 e. The van der Waals surface area contributed by atoms with Crippen molar-refractivity contribution in [3.63, 3.8) is 0 Å². The number of hydrogen-bond acceptors (Lipinski definition) is 3. The zero-order chi connectivity index (χ0) is 13.1. The van der Waals surface area contributed by atoms with Crippen LogP contribution in [0, 0.1) is 11.8 Å². The normalized spacial score (nSPS) is 29.7. The van der Waals surface area contributed by atoms with E-state index in [1.54, 1.807) is 0 Å². The quantitative estimate of drug-likeness (QED) is 0.769. The van der Waals surface area contributed by atoms with E-state index in [9.17, 15) is 4.79 Å². The topological polar surface area (TPSA) is 38.3 Å². The number of esters is 1. The molecule has 0 aromatic heterocycles. The van der Waals surface area contributed by atoms with Gasteiger partial charge in [-0.3, -0.25) is 10.1 Å². The van der Waals surface area contributed by atoms with Crippen molar-refractivity contribution in [1.29, 1.82) is 0 Å². The number of rotatable bonds is 4. The van der Waals surface area contributed by atoms with Gasteiger partial charge in [0.1, 0.15) is 5.54 Å². The van der Waals surface area contributed by atoms with E-state index >= 15 is 0 Å². The van der Waals surface area contributed by atoms with Crippen LogP contribution in [0.25, 0.3) is 0 Å². The standard InChI is InChI=1S/C14H27NO2/c1-10(2)12-6-8-14(9-7-12,13(16)17-5)15-11(3)4/h10-12,15H,6-9H2,1-5H3. The van der Waals surface area contributed by atoms with Crippen LogP contribution in [0.4, 0.5) is 0 Å². The Balaban J connectivity index is 2.72. The Labute approximate surface area is 105 Å². The zero-order valence-corrected chi connectivity index (χ0v) is 11.9. The summed E-state index contributed by atoms with van der Waals surface area (Å²) in [6.07, 6.45) is 4.04. The summed E-state index contributed by atoms with van der Waals surface area (Å²) in [5, 5.41) is 3.43. The minimum absolute atomic E-state index is 0.0894. The molecule has 17 heavy (non-hydrogen) atoms. The van der Waals surface area contributed by atoms with E-state index in [-0.39, 0.29) is 5.97 Å². The van der Waals surface area contributed by atoms with Gasteiger partial charge in [0.05, 0.1) is 7.11 Å². The molecule has 0 amide bonds. The summed E-state index contributed by atoms with van der Waals surface area (Å²) in [6.45, 7) is 8.70. The largest absolute Gasteiger partial charge is 0.468 e. The van der Waals surface area contributed by atoms with E-state index in [0.717, 1.165) is 31.6 Å². The monoisotopic (exact) mass is 241 g/mol. The number of ether oxygens (including phenoxy) is 1. The van der Waals surface area contributed by atoms with Crippen LogP contribution in [0.1, 0.15) is 53.4 Å². The molecule has 0 unspecified atom stereocenters. The average molecular weight is 241 g/mol. The highest BCUT2D eigenvalue weighted by Crippen LogP contribution is 2.36. The maximum Gasteiger partial charge on any atom is 0.326 e. The van der Waals surface area contributed by atoms with Gasteiger partial charge in [0.2, 0.25) is 0 Å².